The summed E-state index contributed by atoms with van der Waals surface area (Å²) in [6.45, 7) is 12.7. The zero-order chi connectivity index (χ0) is 104. The summed E-state index contributed by atoms with van der Waals surface area (Å²) in [5.74, 6) is 0.255. The third-order valence-corrected chi connectivity index (χ3v) is 24.3. The van der Waals surface area contributed by atoms with Crippen molar-refractivity contribution >= 4 is 111 Å². The van der Waals surface area contributed by atoms with Gasteiger partial charge in [-0.05, 0) is 231 Å². The summed E-state index contributed by atoms with van der Waals surface area (Å²) in [5, 5.41) is 14.8. The molecule has 25 nitrogen and oxygen atoms in total. The Hall–Kier alpha value is -17.1. The summed E-state index contributed by atoms with van der Waals surface area (Å²) < 4.78 is 189. The lowest BCUT2D eigenvalue weighted by Crippen LogP contribution is -2.25. The molecule has 8 aliphatic rings. The topological polar surface area (TPSA) is 301 Å². The number of allylic oxidation sites excluding steroid dienone is 3. The maximum atomic E-state index is 13.4. The second-order valence-electron chi connectivity index (χ2n) is 33.9. The normalized spacial score (nSPS) is 15.4. The van der Waals surface area contributed by atoms with Crippen molar-refractivity contribution in [3.05, 3.63) is 337 Å². The van der Waals surface area contributed by atoms with E-state index in [0.29, 0.717) is 132 Å². The van der Waals surface area contributed by atoms with Crippen molar-refractivity contribution in [2.24, 2.45) is 15.0 Å². The Morgan fingerprint density at radius 2 is 0.469 bits per heavy atom. The van der Waals surface area contributed by atoms with Gasteiger partial charge in [0.15, 0.2) is 57.5 Å². The van der Waals surface area contributed by atoms with Crippen molar-refractivity contribution in [3.8, 4) is 136 Å². The Morgan fingerprint density at radius 3 is 0.701 bits per heavy atom. The average Bonchev–Trinajstić information content (AvgIpc) is 1.55. The highest BCUT2D eigenvalue weighted by Gasteiger charge is 2.48. The number of fused-ring (bicyclic) bond motifs is 5. The van der Waals surface area contributed by atoms with Gasteiger partial charge in [-0.2, -0.15) is 0 Å². The van der Waals surface area contributed by atoms with E-state index >= 15 is 0 Å². The number of alkyl halides is 10. The number of carbonyl (C=O) groups excluding carboxylic acids is 5. The lowest BCUT2D eigenvalue weighted by molar-refractivity contribution is -0.287. The third-order valence-electron chi connectivity index (χ3n) is 23.4. The number of hydrogen-bond donors (Lipinski definition) is 5. The zero-order valence-corrected chi connectivity index (χ0v) is 80.1. The maximum absolute atomic E-state index is 13.4. The van der Waals surface area contributed by atoms with Crippen molar-refractivity contribution in [1.29, 1.82) is 0 Å². The predicted molar refractivity (Wildman–Crippen MR) is 532 cm³/mol. The van der Waals surface area contributed by atoms with Crippen molar-refractivity contribution < 1.29 is 124 Å². The second-order valence-corrected chi connectivity index (χ2v) is 35.1. The number of aliphatic imine (C=N–C) groups is 3. The standard InChI is InChI=1S/C26H19F2NO4.C25H16ClF2NO4.C20H16F2N2O3.2C19H13ClF2N2O3/c1-15-12-23-24(33-26(27,28)32-23)13-20(15)17-8-10-19(11-9-17)29-25(30)21-14-22(31-16(21)2)18-6-4-3-5-7-18;1-14-18(11-21(31-14)16-5-3-2-4-6-16)24(30)29-17-9-7-15(8-10-17)19-12-22-23(13-20(19)26)33-25(27,28)32-22;1-11-7-8-23-18(11)19(25)24-14-5-3-13(4-6-14)15-10-17-16(9-12(15)2)26-20(21,22)27-17;2*1-10-6-7-23-17(10)18(25)24-12-4-2-11(3-5-12)13-8-15-16(9-14(13)20)27-19(21,22)26-15/h3-14H,1-2H3,(H,29,30);2-13H,1H3,(H,29,30);3-6,8-10H,7H2,1-2H3,(H,24,25);2*2-5,7-9H,6H2,1H3,(H,24,25). The van der Waals surface area contributed by atoms with Crippen LogP contribution in [0.1, 0.15) is 83.4 Å². The van der Waals surface area contributed by atoms with Crippen molar-refractivity contribution in [3.63, 3.8) is 0 Å². The second kappa shape index (κ2) is 40.6. The number of ether oxygens (including phenoxy) is 10. The van der Waals surface area contributed by atoms with Crippen LogP contribution in [-0.2, 0) is 14.4 Å². The van der Waals surface area contributed by atoms with Gasteiger partial charge in [0.2, 0.25) is 0 Å². The maximum Gasteiger partial charge on any atom is 0.586 e. The molecule has 0 saturated carbocycles. The minimum absolute atomic E-state index is 0.000475. The molecule has 10 heterocycles. The molecule has 0 aliphatic carbocycles. The van der Waals surface area contributed by atoms with Gasteiger partial charge in [-0.3, -0.25) is 38.9 Å². The number of nitrogens with one attached hydrogen (secondary N) is 5. The molecular weight excluding hydrogens is 1990 g/mol. The first-order valence-corrected chi connectivity index (χ1v) is 45.8. The van der Waals surface area contributed by atoms with Crippen LogP contribution in [0.3, 0.4) is 0 Å². The number of nitrogens with zero attached hydrogens (tertiary/aromatic N) is 3. The van der Waals surface area contributed by atoms with Gasteiger partial charge in [0.25, 0.3) is 29.5 Å². The molecule has 0 atom stereocenters. The first-order chi connectivity index (χ1) is 70.0. The molecule has 8 aliphatic heterocycles. The van der Waals surface area contributed by atoms with E-state index in [1.165, 1.54) is 60.7 Å². The molecule has 5 N–H and O–H groups in total. The molecule has 5 amide bonds. The van der Waals surface area contributed by atoms with Crippen LogP contribution in [-0.4, -0.2) is 79.7 Å². The van der Waals surface area contributed by atoms with E-state index < -0.39 is 31.5 Å². The molecule has 0 unspecified atom stereocenters. The summed E-state index contributed by atoms with van der Waals surface area (Å²) in [6, 6.07) is 71.3. The number of hydrogen-bond acceptors (Lipinski definition) is 20. The first kappa shape index (κ1) is 100. The van der Waals surface area contributed by atoms with Crippen LogP contribution < -0.4 is 74.0 Å². The number of carbonyl (C=O) groups is 5. The average molecular weight is 2070 g/mol. The molecule has 12 aromatic carbocycles. The van der Waals surface area contributed by atoms with Gasteiger partial charge in [-0.25, -0.2) is 0 Å². The van der Waals surface area contributed by atoms with Crippen LogP contribution >= 0.6 is 34.8 Å². The molecule has 0 spiro atoms. The highest BCUT2D eigenvalue weighted by Crippen LogP contribution is 2.52. The van der Waals surface area contributed by atoms with Crippen LogP contribution in [0.5, 0.6) is 57.5 Å². The summed E-state index contributed by atoms with van der Waals surface area (Å²) in [6.07, 6.45) is -11.3. The number of furan rings is 2. The fourth-order valence-corrected chi connectivity index (χ4v) is 16.9. The number of rotatable bonds is 17. The SMILES string of the molecule is CC1=C(C(=O)Nc2ccc(-c3cc4c(cc3C)OC(F)(F)O4)cc2)N=CC1.CC1=C(C(=O)Nc2ccc(-c3cc4c(cc3Cl)OC(F)(F)O4)cc2)N=CC1.CC1=C(C(=O)Nc2ccc(-c3cc4c(cc3Cl)OC(F)(F)O4)cc2)N=CC1.Cc1cc2c(cc1-c1ccc(NC(=O)c3cc(-c4ccccc4)oc3C)cc1)OC(F)(F)O2.Cc1oc(-c2ccccc2)cc1C(=O)Nc1ccc(-c2cc3c(cc2Cl)OC(F)(F)O3)cc1. The summed E-state index contributed by atoms with van der Waals surface area (Å²) >= 11 is 18.6. The van der Waals surface area contributed by atoms with Gasteiger partial charge < -0.3 is 82.8 Å². The lowest BCUT2D eigenvalue weighted by atomic mass is 9.99. The molecule has 0 saturated heterocycles. The lowest BCUT2D eigenvalue weighted by Gasteiger charge is -2.10. The monoisotopic (exact) mass is 2060 g/mol. The molecule has 14 aromatic rings. The molecule has 746 valence electrons. The van der Waals surface area contributed by atoms with Crippen LogP contribution in [0.15, 0.2) is 312 Å². The first-order valence-electron chi connectivity index (χ1n) is 44.7. The summed E-state index contributed by atoms with van der Waals surface area (Å²) in [4.78, 5) is 74.5. The third kappa shape index (κ3) is 22.9. The fraction of sp³-hybridized carbons (Fsp3) is 0.138. The quantitative estimate of drug-likeness (QED) is 0.0529. The van der Waals surface area contributed by atoms with E-state index in [0.717, 1.165) is 61.2 Å². The van der Waals surface area contributed by atoms with E-state index in [9.17, 15) is 67.9 Å². The van der Waals surface area contributed by atoms with Gasteiger partial charge in [0, 0.05) is 112 Å². The van der Waals surface area contributed by atoms with Gasteiger partial charge >= 0.3 is 31.5 Å². The number of benzene rings is 12. The van der Waals surface area contributed by atoms with E-state index in [2.05, 4.69) is 88.9 Å². The van der Waals surface area contributed by atoms with Crippen LogP contribution in [0.4, 0.5) is 72.3 Å². The van der Waals surface area contributed by atoms with Crippen molar-refractivity contribution in [2.75, 3.05) is 26.6 Å². The fourth-order valence-electron chi connectivity index (χ4n) is 16.1. The van der Waals surface area contributed by atoms with Gasteiger partial charge in [0.05, 0.1) is 26.2 Å². The van der Waals surface area contributed by atoms with Gasteiger partial charge in [0.1, 0.15) is 40.1 Å². The summed E-state index contributed by atoms with van der Waals surface area (Å²) in [5.41, 5.74) is 17.7. The number of amides is 5. The number of halogens is 13. The van der Waals surface area contributed by atoms with E-state index in [4.69, 9.17) is 43.6 Å². The zero-order valence-electron chi connectivity index (χ0n) is 77.8. The van der Waals surface area contributed by atoms with Crippen LogP contribution in [0.25, 0.3) is 78.3 Å². The molecule has 0 fully saturated rings. The summed E-state index contributed by atoms with van der Waals surface area (Å²) in [7, 11) is 0. The van der Waals surface area contributed by atoms with E-state index in [1.807, 2.05) is 81.4 Å². The number of aryl methyl sites for hydroxylation is 4. The predicted octanol–water partition coefficient (Wildman–Crippen LogP) is 28.7. The van der Waals surface area contributed by atoms with E-state index in [-0.39, 0.29) is 102 Å². The Morgan fingerprint density at radius 1 is 0.259 bits per heavy atom. The van der Waals surface area contributed by atoms with Gasteiger partial charge in [-0.1, -0.05) is 156 Å². The minimum atomic E-state index is -3.72. The molecule has 0 bridgehead atoms. The molecule has 2 aromatic heterocycles. The van der Waals surface area contributed by atoms with Crippen LogP contribution in [0.2, 0.25) is 15.1 Å². The van der Waals surface area contributed by atoms with Crippen LogP contribution in [0, 0.1) is 27.7 Å². The Bertz CT molecular complexity index is 7200. The molecular formula is C109H77Cl3F10N8O17. The molecule has 38 heteroatoms. The van der Waals surface area contributed by atoms with Crippen molar-refractivity contribution in [1.82, 2.24) is 0 Å². The molecule has 0 radical (unpaired) electrons. The largest absolute Gasteiger partial charge is 0.586 e. The van der Waals surface area contributed by atoms with Crippen molar-refractivity contribution in [2.45, 2.75) is 99.2 Å². The Labute approximate surface area is 844 Å². The Kier molecular flexibility index (Phi) is 27.7. The molecule has 147 heavy (non-hydrogen) atoms. The number of anilines is 5. The Balaban J connectivity index is 0.000000121. The van der Waals surface area contributed by atoms with E-state index in [1.54, 1.807) is 180 Å². The van der Waals surface area contributed by atoms with Gasteiger partial charge in [-0.15, -0.1) is 43.9 Å². The minimum Gasteiger partial charge on any atom is -0.461 e. The highest BCUT2D eigenvalue weighted by atomic mass is 35.5. The molecule has 22 rings (SSSR count). The smallest absolute Gasteiger partial charge is 0.461 e. The highest BCUT2D eigenvalue weighted by molar-refractivity contribution is 6.34.